The number of benzene rings is 2. The normalized spacial score (nSPS) is 17.8. The Morgan fingerprint density at radius 1 is 1.18 bits per heavy atom. The van der Waals surface area contributed by atoms with Crippen LogP contribution in [0.15, 0.2) is 47.4 Å². The summed E-state index contributed by atoms with van der Waals surface area (Å²) in [5, 5.41) is -0.559. The van der Waals surface area contributed by atoms with Crippen LogP contribution in [0.3, 0.4) is 0 Å². The summed E-state index contributed by atoms with van der Waals surface area (Å²) in [6.45, 7) is 1.57. The number of hydrogen-bond acceptors (Lipinski definition) is 4. The van der Waals surface area contributed by atoms with Crippen LogP contribution in [0.2, 0.25) is 5.02 Å². The van der Waals surface area contributed by atoms with Gasteiger partial charge in [-0.2, -0.15) is 13.2 Å². The molecule has 1 heterocycles. The Hall–Kier alpha value is -1.97. The first-order valence-electron chi connectivity index (χ1n) is 8.37. The van der Waals surface area contributed by atoms with Gasteiger partial charge in [0, 0.05) is 31.6 Å². The highest BCUT2D eigenvalue weighted by atomic mass is 35.5. The fourth-order valence-corrected chi connectivity index (χ4v) is 4.31. The molecule has 2 aromatic carbocycles. The Morgan fingerprint density at radius 3 is 2.43 bits per heavy atom. The van der Waals surface area contributed by atoms with Gasteiger partial charge in [-0.3, -0.25) is 4.72 Å². The predicted molar refractivity (Wildman–Crippen MR) is 101 cm³/mol. The van der Waals surface area contributed by atoms with Crippen molar-refractivity contribution in [3.63, 3.8) is 0 Å². The Bertz CT molecular complexity index is 950. The summed E-state index contributed by atoms with van der Waals surface area (Å²) in [6, 6.07) is 9.10. The maximum absolute atomic E-state index is 13.0. The van der Waals surface area contributed by atoms with E-state index in [9.17, 15) is 21.6 Å². The molecule has 1 N–H and O–H groups in total. The van der Waals surface area contributed by atoms with Crippen molar-refractivity contribution in [2.75, 3.05) is 29.8 Å². The van der Waals surface area contributed by atoms with Crippen molar-refractivity contribution < 1.29 is 26.3 Å². The minimum absolute atomic E-state index is 0.158. The van der Waals surface area contributed by atoms with Crippen molar-refractivity contribution in [1.82, 2.24) is 0 Å². The second-order valence-corrected chi connectivity index (χ2v) is 8.47. The lowest BCUT2D eigenvalue weighted by atomic mass is 10.2. The molecule has 0 radical (unpaired) electrons. The predicted octanol–water partition coefficient (Wildman–Crippen LogP) is 4.38. The SMILES string of the molecule is COC1CCN(c2ccc(NS(=O)(=O)c3ccc(Cl)c(C(F)(F)F)c3)cc2)C1. The molecule has 152 valence electrons. The summed E-state index contributed by atoms with van der Waals surface area (Å²) in [5.41, 5.74) is -0.0442. The minimum atomic E-state index is -4.75. The molecule has 0 aliphatic carbocycles. The van der Waals surface area contributed by atoms with Gasteiger partial charge in [-0.05, 0) is 48.9 Å². The molecule has 1 atom stereocenters. The maximum Gasteiger partial charge on any atom is 0.417 e. The summed E-state index contributed by atoms with van der Waals surface area (Å²) in [7, 11) is -2.54. The van der Waals surface area contributed by atoms with Gasteiger partial charge in [0.1, 0.15) is 0 Å². The number of nitrogens with one attached hydrogen (secondary N) is 1. The number of nitrogens with zero attached hydrogens (tertiary/aromatic N) is 1. The molecular weight excluding hydrogens is 417 g/mol. The van der Waals surface area contributed by atoms with E-state index in [-0.39, 0.29) is 11.8 Å². The summed E-state index contributed by atoms with van der Waals surface area (Å²) in [5.74, 6) is 0. The molecule has 1 aliphatic heterocycles. The van der Waals surface area contributed by atoms with Crippen molar-refractivity contribution in [1.29, 1.82) is 0 Å². The highest BCUT2D eigenvalue weighted by Crippen LogP contribution is 2.36. The fraction of sp³-hybridized carbons (Fsp3) is 0.333. The maximum atomic E-state index is 13.0. The first-order valence-corrected chi connectivity index (χ1v) is 10.2. The lowest BCUT2D eigenvalue weighted by molar-refractivity contribution is -0.137. The number of halogens is 4. The zero-order valence-corrected chi connectivity index (χ0v) is 16.4. The largest absolute Gasteiger partial charge is 0.417 e. The first-order chi connectivity index (χ1) is 13.1. The van der Waals surface area contributed by atoms with Gasteiger partial charge < -0.3 is 9.64 Å². The molecule has 5 nitrogen and oxygen atoms in total. The summed E-state index contributed by atoms with van der Waals surface area (Å²) >= 11 is 5.54. The number of alkyl halides is 3. The Labute approximate surface area is 166 Å². The number of sulfonamides is 1. The zero-order valence-electron chi connectivity index (χ0n) is 14.8. The second kappa shape index (κ2) is 7.81. The van der Waals surface area contributed by atoms with Crippen molar-refractivity contribution in [3.8, 4) is 0 Å². The average Bonchev–Trinajstić information content (AvgIpc) is 3.10. The number of methoxy groups -OCH3 is 1. The number of ether oxygens (including phenoxy) is 1. The van der Waals surface area contributed by atoms with Crippen LogP contribution in [-0.4, -0.2) is 34.7 Å². The lowest BCUT2D eigenvalue weighted by Gasteiger charge is -2.19. The van der Waals surface area contributed by atoms with Gasteiger partial charge in [-0.15, -0.1) is 0 Å². The highest BCUT2D eigenvalue weighted by molar-refractivity contribution is 7.92. The van der Waals surface area contributed by atoms with E-state index >= 15 is 0 Å². The molecule has 1 saturated heterocycles. The standard InChI is InChI=1S/C18H18ClF3N2O3S/c1-27-14-8-9-24(11-14)13-4-2-12(3-5-13)23-28(25,26)15-6-7-17(19)16(10-15)18(20,21)22/h2-7,10,14,23H,8-9,11H2,1H3. The molecule has 28 heavy (non-hydrogen) atoms. The van der Waals surface area contributed by atoms with E-state index in [0.29, 0.717) is 6.07 Å². The van der Waals surface area contributed by atoms with Crippen LogP contribution in [-0.2, 0) is 20.9 Å². The monoisotopic (exact) mass is 434 g/mol. The zero-order chi connectivity index (χ0) is 20.5. The molecule has 0 saturated carbocycles. The molecule has 0 amide bonds. The number of rotatable bonds is 5. The van der Waals surface area contributed by atoms with Crippen LogP contribution in [0, 0.1) is 0 Å². The van der Waals surface area contributed by atoms with E-state index in [1.165, 1.54) is 0 Å². The van der Waals surface area contributed by atoms with Gasteiger partial charge in [-0.1, -0.05) is 11.6 Å². The molecule has 3 rings (SSSR count). The quantitative estimate of drug-likeness (QED) is 0.758. The molecule has 0 spiro atoms. The fourth-order valence-electron chi connectivity index (χ4n) is 3.00. The van der Waals surface area contributed by atoms with Gasteiger partial charge in [-0.25, -0.2) is 8.42 Å². The average molecular weight is 435 g/mol. The molecule has 1 unspecified atom stereocenters. The van der Waals surface area contributed by atoms with Crippen LogP contribution < -0.4 is 9.62 Å². The van der Waals surface area contributed by atoms with Crippen molar-refractivity contribution >= 4 is 33.0 Å². The van der Waals surface area contributed by atoms with Crippen LogP contribution in [0.5, 0.6) is 0 Å². The van der Waals surface area contributed by atoms with E-state index in [1.54, 1.807) is 31.4 Å². The lowest BCUT2D eigenvalue weighted by Crippen LogP contribution is -2.22. The van der Waals surface area contributed by atoms with E-state index in [2.05, 4.69) is 9.62 Å². The van der Waals surface area contributed by atoms with Gasteiger partial charge in [0.15, 0.2) is 0 Å². The number of hydrogen-bond donors (Lipinski definition) is 1. The topological polar surface area (TPSA) is 58.6 Å². The molecular formula is C18H18ClF3N2O3S. The third-order valence-corrected chi connectivity index (χ3v) is 6.23. The van der Waals surface area contributed by atoms with Crippen LogP contribution >= 0.6 is 11.6 Å². The molecule has 0 aromatic heterocycles. The highest BCUT2D eigenvalue weighted by Gasteiger charge is 2.34. The Kier molecular flexibility index (Phi) is 5.79. The van der Waals surface area contributed by atoms with E-state index < -0.39 is 31.7 Å². The van der Waals surface area contributed by atoms with Crippen LogP contribution in [0.25, 0.3) is 0 Å². The van der Waals surface area contributed by atoms with Crippen molar-refractivity contribution in [2.24, 2.45) is 0 Å². The van der Waals surface area contributed by atoms with E-state index in [0.717, 1.165) is 37.3 Å². The third kappa shape index (κ3) is 4.53. The summed E-state index contributed by atoms with van der Waals surface area (Å²) in [4.78, 5) is 1.59. The molecule has 1 fully saturated rings. The van der Waals surface area contributed by atoms with Crippen LogP contribution in [0.4, 0.5) is 24.5 Å². The summed E-state index contributed by atoms with van der Waals surface area (Å²) in [6.07, 6.45) is -3.69. The smallest absolute Gasteiger partial charge is 0.380 e. The van der Waals surface area contributed by atoms with Crippen LogP contribution in [0.1, 0.15) is 12.0 Å². The Balaban J connectivity index is 1.78. The first kappa shape index (κ1) is 20.8. The van der Waals surface area contributed by atoms with E-state index in [4.69, 9.17) is 16.3 Å². The van der Waals surface area contributed by atoms with Crippen molar-refractivity contribution in [3.05, 3.63) is 53.1 Å². The van der Waals surface area contributed by atoms with Gasteiger partial charge in [0.05, 0.1) is 21.6 Å². The third-order valence-electron chi connectivity index (χ3n) is 4.52. The van der Waals surface area contributed by atoms with E-state index in [1.807, 2.05) is 0 Å². The number of anilines is 2. The van der Waals surface area contributed by atoms with Gasteiger partial charge in [0.25, 0.3) is 10.0 Å². The molecule has 0 bridgehead atoms. The van der Waals surface area contributed by atoms with Gasteiger partial charge >= 0.3 is 6.18 Å². The molecule has 10 heteroatoms. The second-order valence-electron chi connectivity index (χ2n) is 6.38. The minimum Gasteiger partial charge on any atom is -0.380 e. The Morgan fingerprint density at radius 2 is 1.86 bits per heavy atom. The van der Waals surface area contributed by atoms with Gasteiger partial charge in [0.2, 0.25) is 0 Å². The molecule has 1 aliphatic rings. The molecule has 2 aromatic rings. The summed E-state index contributed by atoms with van der Waals surface area (Å²) < 4.78 is 71.5. The van der Waals surface area contributed by atoms with Crippen molar-refractivity contribution in [2.45, 2.75) is 23.6 Å².